The molecule has 140 valence electrons. The van der Waals surface area contributed by atoms with Crippen LogP contribution in [0.5, 0.6) is 0 Å². The van der Waals surface area contributed by atoms with E-state index in [0.717, 1.165) is 50.1 Å². The van der Waals surface area contributed by atoms with E-state index in [1.54, 1.807) is 0 Å². The maximum Gasteiger partial charge on any atom is 0.145 e. The van der Waals surface area contributed by atoms with Crippen molar-refractivity contribution in [1.29, 1.82) is 0 Å². The molecule has 0 aliphatic heterocycles. The predicted octanol–water partition coefficient (Wildman–Crippen LogP) is 7.37. The van der Waals surface area contributed by atoms with Crippen LogP contribution >= 0.6 is 0 Å². The fourth-order valence-electron chi connectivity index (χ4n) is 4.31. The maximum absolute atomic E-state index is 4.88. The Morgan fingerprint density at radius 1 is 0.724 bits per heavy atom. The van der Waals surface area contributed by atoms with E-state index >= 15 is 0 Å². The topological polar surface area (TPSA) is 17.3 Å². The number of hydrogen-bond acceptors (Lipinski definition) is 1. The molecule has 0 atom stereocenters. The zero-order valence-corrected chi connectivity index (χ0v) is 16.7. The molecule has 0 radical (unpaired) electrons. The smallest absolute Gasteiger partial charge is 0.145 e. The molecule has 0 saturated heterocycles. The van der Waals surface area contributed by atoms with Crippen molar-refractivity contribution in [3.05, 3.63) is 97.2 Å². The lowest BCUT2D eigenvalue weighted by atomic mass is 9.91. The van der Waals surface area contributed by atoms with E-state index in [1.165, 1.54) is 10.8 Å². The monoisotopic (exact) mass is 374 g/mol. The van der Waals surface area contributed by atoms with Crippen LogP contribution in [0.25, 0.3) is 49.7 Å². The van der Waals surface area contributed by atoms with Gasteiger partial charge in [-0.05, 0) is 36.4 Å². The highest BCUT2D eigenvalue weighted by Crippen LogP contribution is 2.38. The molecule has 2 heterocycles. The number of para-hydroxylation sites is 1. The molecule has 0 aliphatic rings. The lowest BCUT2D eigenvalue weighted by molar-refractivity contribution is 1.26. The molecule has 2 aromatic heterocycles. The maximum atomic E-state index is 4.88. The molecule has 3 aromatic carbocycles. The van der Waals surface area contributed by atoms with Gasteiger partial charge in [0.05, 0.1) is 17.4 Å². The van der Waals surface area contributed by atoms with Gasteiger partial charge in [0.15, 0.2) is 0 Å². The molecule has 0 spiro atoms. The van der Waals surface area contributed by atoms with Crippen LogP contribution in [0.4, 0.5) is 0 Å². The molecule has 0 aliphatic carbocycles. The molecule has 5 rings (SSSR count). The summed E-state index contributed by atoms with van der Waals surface area (Å²) in [6.45, 7) is 12.6. The van der Waals surface area contributed by atoms with Crippen LogP contribution in [-0.2, 0) is 0 Å². The van der Waals surface area contributed by atoms with Crippen molar-refractivity contribution in [3.8, 4) is 11.3 Å². The SMILES string of the molecule is C=C(C)c1cccc(C(=C)C)c1-c1cnc2c3ccccc3c3ccccc3n12. The molecular formula is C27H22N2. The first kappa shape index (κ1) is 17.4. The minimum absolute atomic E-state index is 0.971. The average Bonchev–Trinajstić information content (AvgIpc) is 3.18. The molecule has 0 amide bonds. The van der Waals surface area contributed by atoms with Crippen molar-refractivity contribution >= 4 is 38.5 Å². The zero-order chi connectivity index (χ0) is 20.1. The molecule has 0 unspecified atom stereocenters. The van der Waals surface area contributed by atoms with Gasteiger partial charge in [-0.3, -0.25) is 4.40 Å². The van der Waals surface area contributed by atoms with Gasteiger partial charge in [-0.1, -0.05) is 85.0 Å². The zero-order valence-electron chi connectivity index (χ0n) is 16.7. The summed E-state index contributed by atoms with van der Waals surface area (Å²) in [6.07, 6.45) is 1.99. The van der Waals surface area contributed by atoms with E-state index < -0.39 is 0 Å². The summed E-state index contributed by atoms with van der Waals surface area (Å²) in [5, 5.41) is 3.60. The molecule has 2 heteroatoms. The fraction of sp³-hybridized carbons (Fsp3) is 0.0741. The third kappa shape index (κ3) is 2.53. The number of allylic oxidation sites excluding steroid dienone is 2. The molecular weight excluding hydrogens is 352 g/mol. The van der Waals surface area contributed by atoms with Gasteiger partial charge in [-0.25, -0.2) is 4.98 Å². The summed E-state index contributed by atoms with van der Waals surface area (Å²) in [6, 6.07) is 23.4. The fourth-order valence-corrected chi connectivity index (χ4v) is 4.31. The first-order valence-electron chi connectivity index (χ1n) is 9.80. The summed E-state index contributed by atoms with van der Waals surface area (Å²) < 4.78 is 2.28. The molecule has 2 nitrogen and oxygen atoms in total. The second-order valence-electron chi connectivity index (χ2n) is 7.65. The van der Waals surface area contributed by atoms with Gasteiger partial charge in [0, 0.05) is 16.3 Å². The Kier molecular flexibility index (Phi) is 3.88. The van der Waals surface area contributed by atoms with Crippen LogP contribution in [-0.4, -0.2) is 9.38 Å². The quantitative estimate of drug-likeness (QED) is 0.301. The number of aromatic nitrogens is 2. The molecule has 0 bridgehead atoms. The van der Waals surface area contributed by atoms with E-state index in [2.05, 4.69) is 98.1 Å². The van der Waals surface area contributed by atoms with E-state index in [9.17, 15) is 0 Å². The molecule has 0 fully saturated rings. The largest absolute Gasteiger partial charge is 0.292 e. The van der Waals surface area contributed by atoms with Crippen LogP contribution in [0.15, 0.2) is 86.1 Å². The van der Waals surface area contributed by atoms with Crippen LogP contribution in [0.1, 0.15) is 25.0 Å². The van der Waals surface area contributed by atoms with E-state index in [1.807, 2.05) is 6.20 Å². The lowest BCUT2D eigenvalue weighted by Crippen LogP contribution is -1.98. The van der Waals surface area contributed by atoms with Crippen LogP contribution in [0, 0.1) is 0 Å². The number of pyridine rings is 1. The standard InChI is InChI=1S/C27H22N2/c1-17(2)19-13-9-14-20(18(3)4)26(19)25-16-28-27-23-12-6-5-10-21(23)22-11-7-8-15-24(22)29(25)27/h5-16H,1,3H2,2,4H3. The molecule has 0 saturated carbocycles. The first-order valence-corrected chi connectivity index (χ1v) is 9.80. The highest BCUT2D eigenvalue weighted by Gasteiger charge is 2.19. The molecule has 5 aromatic rings. The summed E-state index contributed by atoms with van der Waals surface area (Å²) >= 11 is 0. The number of imidazole rings is 1. The number of benzene rings is 3. The van der Waals surface area contributed by atoms with Crippen molar-refractivity contribution in [2.75, 3.05) is 0 Å². The van der Waals surface area contributed by atoms with Crippen molar-refractivity contribution in [2.45, 2.75) is 13.8 Å². The second kappa shape index (κ2) is 6.46. The molecule has 29 heavy (non-hydrogen) atoms. The Morgan fingerprint density at radius 3 is 1.97 bits per heavy atom. The second-order valence-corrected chi connectivity index (χ2v) is 7.65. The third-order valence-electron chi connectivity index (χ3n) is 5.61. The van der Waals surface area contributed by atoms with E-state index in [-0.39, 0.29) is 0 Å². The lowest BCUT2D eigenvalue weighted by Gasteiger charge is -2.17. The Balaban J connectivity index is 2.03. The van der Waals surface area contributed by atoms with E-state index in [4.69, 9.17) is 4.98 Å². The number of nitrogens with zero attached hydrogens (tertiary/aromatic N) is 2. The number of fused-ring (bicyclic) bond motifs is 6. The van der Waals surface area contributed by atoms with Crippen molar-refractivity contribution in [3.63, 3.8) is 0 Å². The van der Waals surface area contributed by atoms with Gasteiger partial charge >= 0.3 is 0 Å². The molecule has 0 N–H and O–H groups in total. The van der Waals surface area contributed by atoms with Crippen LogP contribution < -0.4 is 0 Å². The van der Waals surface area contributed by atoms with Crippen LogP contribution in [0.2, 0.25) is 0 Å². The minimum atomic E-state index is 0.971. The van der Waals surface area contributed by atoms with Crippen molar-refractivity contribution in [1.82, 2.24) is 9.38 Å². The summed E-state index contributed by atoms with van der Waals surface area (Å²) in [5.41, 5.74) is 8.65. The van der Waals surface area contributed by atoms with Crippen molar-refractivity contribution in [2.24, 2.45) is 0 Å². The Morgan fingerprint density at radius 2 is 1.31 bits per heavy atom. The highest BCUT2D eigenvalue weighted by atomic mass is 15.0. The summed E-state index contributed by atoms with van der Waals surface area (Å²) in [5.74, 6) is 0. The summed E-state index contributed by atoms with van der Waals surface area (Å²) in [7, 11) is 0. The number of hydrogen-bond donors (Lipinski definition) is 0. The van der Waals surface area contributed by atoms with Gasteiger partial charge in [-0.15, -0.1) is 0 Å². The Bertz CT molecular complexity index is 1420. The normalized spacial score (nSPS) is 11.4. The first-order chi connectivity index (χ1) is 14.1. The van der Waals surface area contributed by atoms with Gasteiger partial charge in [0.25, 0.3) is 0 Å². The van der Waals surface area contributed by atoms with Gasteiger partial charge in [0.1, 0.15) is 5.65 Å². The summed E-state index contributed by atoms with van der Waals surface area (Å²) in [4.78, 5) is 4.88. The van der Waals surface area contributed by atoms with E-state index in [0.29, 0.717) is 0 Å². The predicted molar refractivity (Wildman–Crippen MR) is 125 cm³/mol. The van der Waals surface area contributed by atoms with Crippen molar-refractivity contribution < 1.29 is 0 Å². The van der Waals surface area contributed by atoms with Gasteiger partial charge in [-0.2, -0.15) is 0 Å². The average molecular weight is 374 g/mol. The van der Waals surface area contributed by atoms with Gasteiger partial charge in [0.2, 0.25) is 0 Å². The highest BCUT2D eigenvalue weighted by molar-refractivity contribution is 6.12. The Hall–Kier alpha value is -3.65. The minimum Gasteiger partial charge on any atom is -0.292 e. The third-order valence-corrected chi connectivity index (χ3v) is 5.61. The Labute approximate surface area is 170 Å². The number of rotatable bonds is 3. The van der Waals surface area contributed by atoms with Gasteiger partial charge < -0.3 is 0 Å². The van der Waals surface area contributed by atoms with Crippen LogP contribution in [0.3, 0.4) is 0 Å².